The van der Waals surface area contributed by atoms with Crippen LogP contribution in [-0.2, 0) is 19.0 Å². The van der Waals surface area contributed by atoms with Gasteiger partial charge in [0.05, 0.1) is 24.0 Å². The summed E-state index contributed by atoms with van der Waals surface area (Å²) in [5.41, 5.74) is 2.65. The van der Waals surface area contributed by atoms with Crippen LogP contribution in [0.3, 0.4) is 0 Å². The normalized spacial score (nSPS) is 12.6. The molecule has 0 spiro atoms. The first kappa shape index (κ1) is 28.2. The Balaban J connectivity index is 1.74. The van der Waals surface area contributed by atoms with E-state index in [1.807, 2.05) is 19.1 Å². The second-order valence-corrected chi connectivity index (χ2v) is 10.0. The first-order chi connectivity index (χ1) is 17.2. The minimum Gasteiger partial charge on any atom is -0.491 e. The monoisotopic (exact) mass is 521 g/mol. The third-order valence-corrected chi connectivity index (χ3v) is 7.29. The molecule has 2 N–H and O–H groups in total. The third-order valence-electron chi connectivity index (χ3n) is 6.08. The number of aliphatic hydroxyl groups is 2. The Hall–Kier alpha value is -2.42. The Morgan fingerprint density at radius 1 is 1.03 bits per heavy atom. The van der Waals surface area contributed by atoms with E-state index in [2.05, 4.69) is 6.92 Å². The van der Waals surface area contributed by atoms with Crippen LogP contribution in [0.2, 0.25) is 0 Å². The van der Waals surface area contributed by atoms with Crippen LogP contribution in [0.1, 0.15) is 72.4 Å². The summed E-state index contributed by atoms with van der Waals surface area (Å²) in [5.74, 6) is 0.679. The summed E-state index contributed by atoms with van der Waals surface area (Å²) in [6.45, 7) is 4.21. The van der Waals surface area contributed by atoms with Crippen LogP contribution < -0.4 is 4.74 Å². The van der Waals surface area contributed by atoms with E-state index in [0.29, 0.717) is 29.2 Å². The second-order valence-electron chi connectivity index (χ2n) is 8.93. The Morgan fingerprint density at radius 2 is 1.78 bits per heavy atom. The quantitative estimate of drug-likeness (QED) is 0.232. The standard InChI is InChI=1S/C28H34F3NO3S/c1-3-4-5-6-7-23-26(36-27(32-23)20-8-11-22(12-9-20)28(29,30)31)15-13-24(34)21-10-14-25(19(2)18-21)35-17-16-33/h8-12,14,18,24,33-34H,3-7,13,15-17H2,1-2H3. The van der Waals surface area contributed by atoms with E-state index in [9.17, 15) is 18.3 Å². The Labute approximate surface area is 214 Å². The number of aryl methyl sites for hydroxylation is 3. The van der Waals surface area contributed by atoms with Crippen LogP contribution in [0.4, 0.5) is 13.2 Å². The van der Waals surface area contributed by atoms with Crippen molar-refractivity contribution in [3.05, 3.63) is 69.7 Å². The summed E-state index contributed by atoms with van der Waals surface area (Å²) < 4.78 is 44.4. The molecule has 0 aliphatic heterocycles. The van der Waals surface area contributed by atoms with E-state index in [-0.39, 0.29) is 13.2 Å². The highest BCUT2D eigenvalue weighted by Crippen LogP contribution is 2.35. The van der Waals surface area contributed by atoms with Gasteiger partial charge in [0.25, 0.3) is 0 Å². The van der Waals surface area contributed by atoms with Crippen molar-refractivity contribution in [2.45, 2.75) is 71.1 Å². The summed E-state index contributed by atoms with van der Waals surface area (Å²) in [7, 11) is 0. The average molecular weight is 522 g/mol. The van der Waals surface area contributed by atoms with Gasteiger partial charge in [-0.05, 0) is 68.0 Å². The van der Waals surface area contributed by atoms with Gasteiger partial charge in [-0.15, -0.1) is 11.3 Å². The summed E-state index contributed by atoms with van der Waals surface area (Å²) in [5, 5.41) is 20.5. The molecule has 3 rings (SSSR count). The number of rotatable bonds is 13. The molecule has 196 valence electrons. The van der Waals surface area contributed by atoms with E-state index >= 15 is 0 Å². The molecule has 1 unspecified atom stereocenters. The van der Waals surface area contributed by atoms with Gasteiger partial charge in [-0.3, -0.25) is 0 Å². The van der Waals surface area contributed by atoms with Crippen molar-refractivity contribution >= 4 is 11.3 Å². The van der Waals surface area contributed by atoms with Gasteiger partial charge in [-0.1, -0.05) is 44.4 Å². The highest BCUT2D eigenvalue weighted by atomic mass is 32.1. The number of benzene rings is 2. The highest BCUT2D eigenvalue weighted by molar-refractivity contribution is 7.15. The first-order valence-electron chi connectivity index (χ1n) is 12.4. The number of hydrogen-bond acceptors (Lipinski definition) is 5. The van der Waals surface area contributed by atoms with Crippen LogP contribution in [0.5, 0.6) is 5.75 Å². The maximum absolute atomic E-state index is 13.0. The molecular formula is C28H34F3NO3S. The number of aliphatic hydroxyl groups excluding tert-OH is 2. The van der Waals surface area contributed by atoms with Gasteiger partial charge in [-0.2, -0.15) is 13.2 Å². The van der Waals surface area contributed by atoms with Gasteiger partial charge in [0.2, 0.25) is 0 Å². The van der Waals surface area contributed by atoms with Crippen LogP contribution in [-0.4, -0.2) is 28.4 Å². The SMILES string of the molecule is CCCCCCc1nc(-c2ccc(C(F)(F)F)cc2)sc1CCC(O)c1ccc(OCCO)c(C)c1. The van der Waals surface area contributed by atoms with Crippen LogP contribution in [0, 0.1) is 6.92 Å². The predicted octanol–water partition coefficient (Wildman–Crippen LogP) is 7.30. The van der Waals surface area contributed by atoms with Gasteiger partial charge in [0, 0.05) is 10.4 Å². The molecule has 0 aliphatic carbocycles. The van der Waals surface area contributed by atoms with Crippen LogP contribution in [0.15, 0.2) is 42.5 Å². The lowest BCUT2D eigenvalue weighted by Gasteiger charge is -2.14. The molecule has 0 saturated heterocycles. The summed E-state index contributed by atoms with van der Waals surface area (Å²) in [6, 6.07) is 10.7. The number of aromatic nitrogens is 1. The molecule has 2 aromatic carbocycles. The van der Waals surface area contributed by atoms with E-state index in [4.69, 9.17) is 14.8 Å². The minimum absolute atomic E-state index is 0.0616. The smallest absolute Gasteiger partial charge is 0.416 e. The molecule has 0 amide bonds. The number of unbranched alkanes of at least 4 members (excludes halogenated alkanes) is 3. The molecule has 4 nitrogen and oxygen atoms in total. The number of hydrogen-bond donors (Lipinski definition) is 2. The zero-order valence-electron chi connectivity index (χ0n) is 20.8. The van der Waals surface area contributed by atoms with E-state index in [0.717, 1.165) is 65.9 Å². The average Bonchev–Trinajstić information content (AvgIpc) is 3.27. The molecule has 0 aliphatic rings. The minimum atomic E-state index is -4.37. The molecule has 1 heterocycles. The van der Waals surface area contributed by atoms with Gasteiger partial charge >= 0.3 is 6.18 Å². The van der Waals surface area contributed by atoms with E-state index in [1.165, 1.54) is 23.5 Å². The molecule has 1 aromatic heterocycles. The van der Waals surface area contributed by atoms with Crippen molar-refractivity contribution in [3.8, 4) is 16.3 Å². The van der Waals surface area contributed by atoms with Crippen molar-refractivity contribution in [1.29, 1.82) is 0 Å². The summed E-state index contributed by atoms with van der Waals surface area (Å²) in [6.07, 6.45) is 1.33. The fourth-order valence-corrected chi connectivity index (χ4v) is 5.18. The molecule has 3 aromatic rings. The first-order valence-corrected chi connectivity index (χ1v) is 13.2. The lowest BCUT2D eigenvalue weighted by Crippen LogP contribution is -2.05. The number of thiazole rings is 1. The molecule has 36 heavy (non-hydrogen) atoms. The molecule has 0 radical (unpaired) electrons. The number of alkyl halides is 3. The van der Waals surface area contributed by atoms with Gasteiger partial charge in [-0.25, -0.2) is 4.98 Å². The Morgan fingerprint density at radius 3 is 2.42 bits per heavy atom. The fourth-order valence-electron chi connectivity index (χ4n) is 4.05. The number of halogens is 3. The molecular weight excluding hydrogens is 487 g/mol. The van der Waals surface area contributed by atoms with Crippen molar-refractivity contribution in [3.63, 3.8) is 0 Å². The van der Waals surface area contributed by atoms with Gasteiger partial charge in [0.1, 0.15) is 17.4 Å². The molecule has 0 fully saturated rings. The lowest BCUT2D eigenvalue weighted by atomic mass is 10.0. The van der Waals surface area contributed by atoms with Gasteiger partial charge < -0.3 is 14.9 Å². The Bertz CT molecular complexity index is 1100. The second kappa shape index (κ2) is 13.2. The van der Waals surface area contributed by atoms with Crippen molar-refractivity contribution in [1.82, 2.24) is 4.98 Å². The lowest BCUT2D eigenvalue weighted by molar-refractivity contribution is -0.137. The largest absolute Gasteiger partial charge is 0.491 e. The molecule has 1 atom stereocenters. The fraction of sp³-hybridized carbons (Fsp3) is 0.464. The molecule has 8 heteroatoms. The highest BCUT2D eigenvalue weighted by Gasteiger charge is 2.30. The van der Waals surface area contributed by atoms with E-state index < -0.39 is 17.8 Å². The molecule has 0 saturated carbocycles. The molecule has 0 bridgehead atoms. The van der Waals surface area contributed by atoms with Crippen molar-refractivity contribution in [2.75, 3.05) is 13.2 Å². The third kappa shape index (κ3) is 7.79. The maximum Gasteiger partial charge on any atom is 0.416 e. The topological polar surface area (TPSA) is 62.6 Å². The maximum atomic E-state index is 13.0. The Kier molecular flexibility index (Phi) is 10.3. The van der Waals surface area contributed by atoms with Crippen LogP contribution in [0.25, 0.3) is 10.6 Å². The summed E-state index contributed by atoms with van der Waals surface area (Å²) in [4.78, 5) is 5.86. The predicted molar refractivity (Wildman–Crippen MR) is 137 cm³/mol. The van der Waals surface area contributed by atoms with E-state index in [1.54, 1.807) is 6.07 Å². The number of ether oxygens (including phenoxy) is 1. The van der Waals surface area contributed by atoms with Gasteiger partial charge in [0.15, 0.2) is 0 Å². The van der Waals surface area contributed by atoms with Crippen molar-refractivity contribution < 1.29 is 28.1 Å². The zero-order chi connectivity index (χ0) is 26.1. The zero-order valence-corrected chi connectivity index (χ0v) is 21.6. The summed E-state index contributed by atoms with van der Waals surface area (Å²) >= 11 is 1.49. The van der Waals surface area contributed by atoms with Crippen molar-refractivity contribution in [2.24, 2.45) is 0 Å². The number of nitrogens with zero attached hydrogens (tertiary/aromatic N) is 1. The van der Waals surface area contributed by atoms with Crippen LogP contribution >= 0.6 is 11.3 Å².